The SMILES string of the molecule is CNc1cnc(-c2ccc(C)cc2)nc1OC. The molecule has 0 aliphatic heterocycles. The van der Waals surface area contributed by atoms with Crippen molar-refractivity contribution in [1.82, 2.24) is 9.97 Å². The Balaban J connectivity index is 2.42. The van der Waals surface area contributed by atoms with Gasteiger partial charge in [-0.25, -0.2) is 4.98 Å². The maximum atomic E-state index is 5.21. The molecule has 4 nitrogen and oxygen atoms in total. The first-order valence-electron chi connectivity index (χ1n) is 5.40. The van der Waals surface area contributed by atoms with E-state index in [0.29, 0.717) is 11.7 Å². The van der Waals surface area contributed by atoms with Crippen LogP contribution in [0.1, 0.15) is 5.56 Å². The molecule has 0 saturated heterocycles. The zero-order valence-corrected chi connectivity index (χ0v) is 10.2. The maximum Gasteiger partial charge on any atom is 0.240 e. The summed E-state index contributed by atoms with van der Waals surface area (Å²) < 4.78 is 5.21. The van der Waals surface area contributed by atoms with Crippen LogP contribution in [0.3, 0.4) is 0 Å². The van der Waals surface area contributed by atoms with Crippen LogP contribution in [0.25, 0.3) is 11.4 Å². The van der Waals surface area contributed by atoms with Gasteiger partial charge in [0.2, 0.25) is 5.88 Å². The van der Waals surface area contributed by atoms with Crippen molar-refractivity contribution in [1.29, 1.82) is 0 Å². The van der Waals surface area contributed by atoms with Crippen molar-refractivity contribution in [3.63, 3.8) is 0 Å². The third kappa shape index (κ3) is 2.36. The topological polar surface area (TPSA) is 47.0 Å². The number of rotatable bonds is 3. The molecule has 0 radical (unpaired) electrons. The number of aryl methyl sites for hydroxylation is 1. The van der Waals surface area contributed by atoms with Gasteiger partial charge >= 0.3 is 0 Å². The fourth-order valence-electron chi connectivity index (χ4n) is 1.53. The van der Waals surface area contributed by atoms with Crippen LogP contribution in [0.2, 0.25) is 0 Å². The van der Waals surface area contributed by atoms with E-state index < -0.39 is 0 Å². The number of benzene rings is 1. The van der Waals surface area contributed by atoms with Crippen LogP contribution in [0, 0.1) is 6.92 Å². The molecule has 0 aliphatic rings. The molecule has 0 unspecified atom stereocenters. The summed E-state index contributed by atoms with van der Waals surface area (Å²) in [6.45, 7) is 2.05. The Morgan fingerprint density at radius 3 is 2.47 bits per heavy atom. The minimum absolute atomic E-state index is 0.554. The molecular formula is C13H15N3O. The van der Waals surface area contributed by atoms with Crippen LogP contribution in [0.15, 0.2) is 30.5 Å². The molecule has 1 aromatic heterocycles. The van der Waals surface area contributed by atoms with E-state index in [1.165, 1.54) is 5.56 Å². The molecule has 88 valence electrons. The van der Waals surface area contributed by atoms with Crippen molar-refractivity contribution in [2.24, 2.45) is 0 Å². The number of methoxy groups -OCH3 is 1. The highest BCUT2D eigenvalue weighted by Crippen LogP contribution is 2.24. The summed E-state index contributed by atoms with van der Waals surface area (Å²) in [6.07, 6.45) is 1.72. The Labute approximate surface area is 101 Å². The van der Waals surface area contributed by atoms with Gasteiger partial charge in [0.1, 0.15) is 5.69 Å². The summed E-state index contributed by atoms with van der Waals surface area (Å²) in [5, 5.41) is 2.98. The Kier molecular flexibility index (Phi) is 3.23. The molecular weight excluding hydrogens is 214 g/mol. The Morgan fingerprint density at radius 1 is 1.18 bits per heavy atom. The van der Waals surface area contributed by atoms with Crippen molar-refractivity contribution in [2.45, 2.75) is 6.92 Å². The smallest absolute Gasteiger partial charge is 0.240 e. The van der Waals surface area contributed by atoms with Gasteiger partial charge < -0.3 is 10.1 Å². The van der Waals surface area contributed by atoms with Gasteiger partial charge in [-0.1, -0.05) is 29.8 Å². The van der Waals surface area contributed by atoms with Crippen LogP contribution in [-0.4, -0.2) is 24.1 Å². The van der Waals surface area contributed by atoms with Crippen LogP contribution < -0.4 is 10.1 Å². The van der Waals surface area contributed by atoms with E-state index in [4.69, 9.17) is 4.74 Å². The van der Waals surface area contributed by atoms with Crippen LogP contribution >= 0.6 is 0 Å². The number of nitrogens with one attached hydrogen (secondary N) is 1. The minimum Gasteiger partial charge on any atom is -0.479 e. The fourth-order valence-corrected chi connectivity index (χ4v) is 1.53. The molecule has 0 bridgehead atoms. The van der Waals surface area contributed by atoms with E-state index in [1.54, 1.807) is 13.3 Å². The molecule has 1 N–H and O–H groups in total. The van der Waals surface area contributed by atoms with Gasteiger partial charge in [-0.05, 0) is 6.92 Å². The molecule has 17 heavy (non-hydrogen) atoms. The minimum atomic E-state index is 0.554. The van der Waals surface area contributed by atoms with Crippen LogP contribution in [0.5, 0.6) is 5.88 Å². The van der Waals surface area contributed by atoms with E-state index in [2.05, 4.69) is 22.2 Å². The van der Waals surface area contributed by atoms with E-state index in [9.17, 15) is 0 Å². The monoisotopic (exact) mass is 229 g/mol. The van der Waals surface area contributed by atoms with Gasteiger partial charge in [0.25, 0.3) is 0 Å². The molecule has 0 aliphatic carbocycles. The lowest BCUT2D eigenvalue weighted by Gasteiger charge is -2.08. The average Bonchev–Trinajstić information content (AvgIpc) is 2.39. The molecule has 4 heteroatoms. The summed E-state index contributed by atoms with van der Waals surface area (Å²) in [5.74, 6) is 1.22. The van der Waals surface area contributed by atoms with Gasteiger partial charge in [0.15, 0.2) is 5.82 Å². The third-order valence-corrected chi connectivity index (χ3v) is 2.53. The van der Waals surface area contributed by atoms with Crippen molar-refractivity contribution >= 4 is 5.69 Å². The second-order valence-electron chi connectivity index (χ2n) is 3.73. The molecule has 0 saturated carbocycles. The molecule has 0 spiro atoms. The highest BCUT2D eigenvalue weighted by molar-refractivity contribution is 5.60. The fraction of sp³-hybridized carbons (Fsp3) is 0.231. The zero-order chi connectivity index (χ0) is 12.3. The molecule has 1 aromatic carbocycles. The molecule has 0 amide bonds. The van der Waals surface area contributed by atoms with Crippen molar-refractivity contribution in [2.75, 3.05) is 19.5 Å². The summed E-state index contributed by atoms with van der Waals surface area (Å²) in [5.41, 5.74) is 2.98. The normalized spacial score (nSPS) is 10.1. The van der Waals surface area contributed by atoms with E-state index in [1.807, 2.05) is 31.3 Å². The summed E-state index contributed by atoms with van der Waals surface area (Å²) >= 11 is 0. The first-order chi connectivity index (χ1) is 8.24. The van der Waals surface area contributed by atoms with Crippen molar-refractivity contribution in [3.8, 4) is 17.3 Å². The Bertz CT molecular complexity index is 509. The summed E-state index contributed by atoms with van der Waals surface area (Å²) in [6, 6.07) is 8.08. The van der Waals surface area contributed by atoms with E-state index in [-0.39, 0.29) is 0 Å². The number of ether oxygens (including phenoxy) is 1. The van der Waals surface area contributed by atoms with Crippen molar-refractivity contribution in [3.05, 3.63) is 36.0 Å². The molecule has 1 heterocycles. The highest BCUT2D eigenvalue weighted by atomic mass is 16.5. The first kappa shape index (κ1) is 11.4. The predicted octanol–water partition coefficient (Wildman–Crippen LogP) is 2.50. The van der Waals surface area contributed by atoms with Gasteiger partial charge in [0, 0.05) is 12.6 Å². The highest BCUT2D eigenvalue weighted by Gasteiger charge is 2.07. The predicted molar refractivity (Wildman–Crippen MR) is 68.3 cm³/mol. The van der Waals surface area contributed by atoms with Crippen LogP contribution in [0.4, 0.5) is 5.69 Å². The standard InChI is InChI=1S/C13H15N3O/c1-9-4-6-10(7-5-9)12-15-8-11(14-2)13(16-12)17-3/h4-8,14H,1-3H3. The first-order valence-corrected chi connectivity index (χ1v) is 5.40. The molecule has 2 rings (SSSR count). The van der Waals surface area contributed by atoms with Gasteiger partial charge in [-0.2, -0.15) is 4.98 Å². The van der Waals surface area contributed by atoms with Crippen LogP contribution in [-0.2, 0) is 0 Å². The largest absolute Gasteiger partial charge is 0.479 e. The summed E-state index contributed by atoms with van der Waals surface area (Å²) in [4.78, 5) is 8.67. The Hall–Kier alpha value is -2.10. The van der Waals surface area contributed by atoms with Crippen molar-refractivity contribution < 1.29 is 4.74 Å². The lowest BCUT2D eigenvalue weighted by atomic mass is 10.1. The summed E-state index contributed by atoms with van der Waals surface area (Å²) in [7, 11) is 3.41. The van der Waals surface area contributed by atoms with Gasteiger partial charge in [-0.3, -0.25) is 0 Å². The van der Waals surface area contributed by atoms with Gasteiger partial charge in [-0.15, -0.1) is 0 Å². The van der Waals surface area contributed by atoms with E-state index >= 15 is 0 Å². The number of anilines is 1. The number of aromatic nitrogens is 2. The van der Waals surface area contributed by atoms with Gasteiger partial charge in [0.05, 0.1) is 13.3 Å². The molecule has 0 atom stereocenters. The zero-order valence-electron chi connectivity index (χ0n) is 10.2. The quantitative estimate of drug-likeness (QED) is 0.878. The van der Waals surface area contributed by atoms with E-state index in [0.717, 1.165) is 11.3 Å². The molecule has 2 aromatic rings. The number of hydrogen-bond acceptors (Lipinski definition) is 4. The third-order valence-electron chi connectivity index (χ3n) is 2.53. The second-order valence-corrected chi connectivity index (χ2v) is 3.73. The molecule has 0 fully saturated rings. The maximum absolute atomic E-state index is 5.21. The lowest BCUT2D eigenvalue weighted by molar-refractivity contribution is 0.399. The lowest BCUT2D eigenvalue weighted by Crippen LogP contribution is -1.99. The number of nitrogens with zero attached hydrogens (tertiary/aromatic N) is 2. The number of hydrogen-bond donors (Lipinski definition) is 1. The Morgan fingerprint density at radius 2 is 1.88 bits per heavy atom. The second kappa shape index (κ2) is 4.82. The average molecular weight is 229 g/mol.